The summed E-state index contributed by atoms with van der Waals surface area (Å²) in [4.78, 5) is 10.3. The van der Waals surface area contributed by atoms with Gasteiger partial charge in [-0.25, -0.2) is 0 Å². The van der Waals surface area contributed by atoms with Crippen LogP contribution in [0.25, 0.3) is 0 Å². The highest BCUT2D eigenvalue weighted by Gasteiger charge is 2.33. The lowest BCUT2D eigenvalue weighted by molar-refractivity contribution is -0.274. The topological polar surface area (TPSA) is 26.3 Å². The van der Waals surface area contributed by atoms with Gasteiger partial charge in [0.25, 0.3) is 0 Å². The number of ether oxygens (including phenoxy) is 1. The van der Waals surface area contributed by atoms with Gasteiger partial charge in [0.15, 0.2) is 0 Å². The molecule has 1 rings (SSSR count). The van der Waals surface area contributed by atoms with E-state index in [9.17, 15) is 18.0 Å². The van der Waals surface area contributed by atoms with Gasteiger partial charge in [-0.05, 0) is 25.1 Å². The molecule has 0 N–H and O–H groups in total. The number of carbonyl (C=O) groups is 1. The summed E-state index contributed by atoms with van der Waals surface area (Å²) in [6.45, 7) is 1.28. The van der Waals surface area contributed by atoms with E-state index < -0.39 is 16.9 Å². The molecule has 0 spiro atoms. The summed E-state index contributed by atoms with van der Waals surface area (Å²) in [7, 11) is 0. The molecule has 0 aliphatic carbocycles. The minimum absolute atomic E-state index is 0.129. The van der Waals surface area contributed by atoms with Crippen LogP contribution < -0.4 is 4.74 Å². The normalized spacial score (nSPS) is 13.3. The molecular formula is C10H7Br2F3O2. The Balaban J connectivity index is 3.17. The molecule has 0 bridgehead atoms. The minimum Gasteiger partial charge on any atom is -0.405 e. The number of halogens is 5. The van der Waals surface area contributed by atoms with Gasteiger partial charge in [-0.1, -0.05) is 31.9 Å². The van der Waals surface area contributed by atoms with Gasteiger partial charge in [-0.3, -0.25) is 4.79 Å². The van der Waals surface area contributed by atoms with Crippen LogP contribution in [0.15, 0.2) is 22.7 Å². The fraction of sp³-hybridized carbons (Fsp3) is 0.300. The average molecular weight is 376 g/mol. The Hall–Kier alpha value is -0.560. The first-order chi connectivity index (χ1) is 7.70. The number of carbonyl (C=O) groups excluding carboxylic acids is 1. The van der Waals surface area contributed by atoms with Gasteiger partial charge in [0.1, 0.15) is 16.4 Å². The molecule has 1 aromatic carbocycles. The highest BCUT2D eigenvalue weighted by Crippen LogP contribution is 2.36. The molecule has 0 aliphatic rings. The van der Waals surface area contributed by atoms with Crippen molar-refractivity contribution in [2.75, 3.05) is 0 Å². The third kappa shape index (κ3) is 4.31. The van der Waals surface area contributed by atoms with Crippen molar-refractivity contribution in [3.05, 3.63) is 28.2 Å². The second-order valence-corrected chi connectivity index (χ2v) is 5.03. The molecule has 2 nitrogen and oxygen atoms in total. The van der Waals surface area contributed by atoms with Crippen LogP contribution in [0.2, 0.25) is 0 Å². The van der Waals surface area contributed by atoms with E-state index in [-0.39, 0.29) is 11.3 Å². The summed E-state index contributed by atoms with van der Waals surface area (Å²) < 4.78 is 40.9. The molecule has 0 fully saturated rings. The fourth-order valence-electron chi connectivity index (χ4n) is 1.15. The van der Waals surface area contributed by atoms with Crippen LogP contribution >= 0.6 is 31.9 Å². The lowest BCUT2D eigenvalue weighted by Crippen LogP contribution is -2.19. The van der Waals surface area contributed by atoms with Crippen molar-refractivity contribution < 1.29 is 22.7 Å². The Labute approximate surface area is 112 Å². The molecular weight excluding hydrogens is 369 g/mol. The van der Waals surface area contributed by atoms with Crippen LogP contribution in [0.1, 0.15) is 17.3 Å². The zero-order chi connectivity index (χ0) is 13.2. The minimum atomic E-state index is -4.79. The van der Waals surface area contributed by atoms with Crippen LogP contribution in [0, 0.1) is 0 Å². The quantitative estimate of drug-likeness (QED) is 0.733. The molecule has 1 aromatic rings. The second-order valence-electron chi connectivity index (χ2n) is 3.20. The number of rotatable bonds is 3. The van der Waals surface area contributed by atoms with Gasteiger partial charge in [-0.15, -0.1) is 13.2 Å². The third-order valence-electron chi connectivity index (χ3n) is 1.83. The van der Waals surface area contributed by atoms with Gasteiger partial charge in [0.05, 0.1) is 0 Å². The van der Waals surface area contributed by atoms with E-state index in [0.717, 1.165) is 6.07 Å². The highest BCUT2D eigenvalue weighted by atomic mass is 79.9. The molecule has 7 heteroatoms. The third-order valence-corrected chi connectivity index (χ3v) is 3.46. The molecule has 0 saturated carbocycles. The monoisotopic (exact) mass is 374 g/mol. The van der Waals surface area contributed by atoms with Crippen molar-refractivity contribution in [2.24, 2.45) is 0 Å². The Kier molecular flexibility index (Phi) is 4.60. The van der Waals surface area contributed by atoms with Crippen LogP contribution in [0.3, 0.4) is 0 Å². The summed E-state index contributed by atoms with van der Waals surface area (Å²) >= 11 is 6.15. The van der Waals surface area contributed by atoms with E-state index in [4.69, 9.17) is 0 Å². The van der Waals surface area contributed by atoms with Gasteiger partial charge < -0.3 is 4.74 Å². The van der Waals surface area contributed by atoms with Gasteiger partial charge in [0, 0.05) is 10.0 Å². The average Bonchev–Trinajstić information content (AvgIpc) is 2.17. The van der Waals surface area contributed by atoms with Crippen LogP contribution in [-0.4, -0.2) is 12.1 Å². The molecule has 0 saturated heterocycles. The van der Waals surface area contributed by atoms with Crippen molar-refractivity contribution in [3.8, 4) is 5.75 Å². The standard InChI is InChI=1S/C10H7Br2F3O2/c1-5(16)9(12)7-4-6(11)2-3-8(7)17-10(13,14)15/h2-4,9H,1H3. The largest absolute Gasteiger partial charge is 0.573 e. The Morgan fingerprint density at radius 3 is 2.47 bits per heavy atom. The first-order valence-corrected chi connectivity index (χ1v) is 6.11. The SMILES string of the molecule is CC(=O)C(Br)c1cc(Br)ccc1OC(F)(F)F. The summed E-state index contributed by atoms with van der Waals surface area (Å²) in [5, 5.41) is 0. The van der Waals surface area contributed by atoms with Crippen molar-refractivity contribution >= 4 is 37.6 Å². The fourth-order valence-corrected chi connectivity index (χ4v) is 1.89. The van der Waals surface area contributed by atoms with Crippen LogP contribution in [-0.2, 0) is 4.79 Å². The Morgan fingerprint density at radius 2 is 2.00 bits per heavy atom. The smallest absolute Gasteiger partial charge is 0.405 e. The summed E-state index contributed by atoms with van der Waals surface area (Å²) in [5.74, 6) is -0.701. The molecule has 0 amide bonds. The predicted octanol–water partition coefficient (Wildman–Crippen LogP) is 4.37. The maximum absolute atomic E-state index is 12.2. The molecule has 1 unspecified atom stereocenters. The number of alkyl halides is 4. The van der Waals surface area contributed by atoms with Crippen molar-refractivity contribution in [2.45, 2.75) is 18.1 Å². The number of benzene rings is 1. The van der Waals surface area contributed by atoms with Gasteiger partial charge >= 0.3 is 6.36 Å². The Bertz CT molecular complexity index is 432. The Morgan fingerprint density at radius 1 is 1.41 bits per heavy atom. The van der Waals surface area contributed by atoms with Gasteiger partial charge in [-0.2, -0.15) is 0 Å². The van der Waals surface area contributed by atoms with Crippen LogP contribution in [0.5, 0.6) is 5.75 Å². The lowest BCUT2D eigenvalue weighted by Gasteiger charge is -2.15. The first-order valence-electron chi connectivity index (χ1n) is 4.40. The molecule has 0 heterocycles. The molecule has 94 valence electrons. The van der Waals surface area contributed by atoms with Crippen molar-refractivity contribution in [1.29, 1.82) is 0 Å². The van der Waals surface area contributed by atoms with E-state index in [2.05, 4.69) is 36.6 Å². The zero-order valence-corrected chi connectivity index (χ0v) is 11.7. The maximum atomic E-state index is 12.2. The zero-order valence-electron chi connectivity index (χ0n) is 8.52. The summed E-state index contributed by atoms with van der Waals surface area (Å²) in [5.41, 5.74) is 0.129. The first kappa shape index (κ1) is 14.5. The summed E-state index contributed by atoms with van der Waals surface area (Å²) in [6.07, 6.45) is -4.79. The summed E-state index contributed by atoms with van der Waals surface area (Å²) in [6, 6.07) is 3.97. The molecule has 17 heavy (non-hydrogen) atoms. The number of hydrogen-bond donors (Lipinski definition) is 0. The predicted molar refractivity (Wildman–Crippen MR) is 63.2 cm³/mol. The molecule has 1 atom stereocenters. The lowest BCUT2D eigenvalue weighted by atomic mass is 10.1. The van der Waals surface area contributed by atoms with Crippen LogP contribution in [0.4, 0.5) is 13.2 Å². The molecule has 0 aliphatic heterocycles. The van der Waals surface area contributed by atoms with E-state index in [1.54, 1.807) is 0 Å². The van der Waals surface area contributed by atoms with E-state index >= 15 is 0 Å². The maximum Gasteiger partial charge on any atom is 0.573 e. The number of ketones is 1. The number of hydrogen-bond acceptors (Lipinski definition) is 2. The van der Waals surface area contributed by atoms with E-state index in [0.29, 0.717) is 4.47 Å². The van der Waals surface area contributed by atoms with Crippen molar-refractivity contribution in [1.82, 2.24) is 0 Å². The van der Waals surface area contributed by atoms with E-state index in [1.165, 1.54) is 19.1 Å². The van der Waals surface area contributed by atoms with Gasteiger partial charge in [0.2, 0.25) is 0 Å². The molecule has 0 radical (unpaired) electrons. The molecule has 0 aromatic heterocycles. The second kappa shape index (κ2) is 5.39. The number of Topliss-reactive ketones (excluding diaryl/α,β-unsaturated/α-hetero) is 1. The van der Waals surface area contributed by atoms with E-state index in [1.807, 2.05) is 0 Å². The van der Waals surface area contributed by atoms with Crippen molar-refractivity contribution in [3.63, 3.8) is 0 Å². The highest BCUT2D eigenvalue weighted by molar-refractivity contribution is 9.10.